The lowest BCUT2D eigenvalue weighted by Crippen LogP contribution is -2.39. The van der Waals surface area contributed by atoms with Gasteiger partial charge in [-0.1, -0.05) is 84.0 Å². The fraction of sp³-hybridized carbons (Fsp3) is 0.436. The van der Waals surface area contributed by atoms with Crippen molar-refractivity contribution >= 4 is 22.8 Å². The van der Waals surface area contributed by atoms with Gasteiger partial charge in [0, 0.05) is 28.7 Å². The third-order valence-electron chi connectivity index (χ3n) is 8.28. The molecule has 240 valence electrons. The average Bonchev–Trinajstić information content (AvgIpc) is 3.20. The first-order valence-electron chi connectivity index (χ1n) is 15.8. The van der Waals surface area contributed by atoms with Gasteiger partial charge in [0.25, 0.3) is 5.91 Å². The van der Waals surface area contributed by atoms with E-state index >= 15 is 0 Å². The van der Waals surface area contributed by atoms with Crippen molar-refractivity contribution < 1.29 is 19.1 Å². The lowest BCUT2D eigenvalue weighted by atomic mass is 9.85. The summed E-state index contributed by atoms with van der Waals surface area (Å²) in [5.74, 6) is 0.0908. The fourth-order valence-electron chi connectivity index (χ4n) is 5.73. The van der Waals surface area contributed by atoms with E-state index in [9.17, 15) is 9.59 Å². The zero-order valence-corrected chi connectivity index (χ0v) is 28.9. The second-order valence-electron chi connectivity index (χ2n) is 14.9. The summed E-state index contributed by atoms with van der Waals surface area (Å²) in [7, 11) is 1.36. The largest absolute Gasteiger partial charge is 0.476 e. The lowest BCUT2D eigenvalue weighted by molar-refractivity contribution is -0.156. The minimum absolute atomic E-state index is 0.0338. The summed E-state index contributed by atoms with van der Waals surface area (Å²) < 4.78 is 13.3. The van der Waals surface area contributed by atoms with Crippen LogP contribution in [0.25, 0.3) is 10.9 Å². The SMILES string of the molecule is COC(=O)C(C)(C)Oc1cccc(Cc2c(C)n(CC(C)(C)C)c3cc(C(=O)N[C@@H](C)c4cccc(C(C)(C)C)c4)ccc23)c1. The smallest absolute Gasteiger partial charge is 0.349 e. The van der Waals surface area contributed by atoms with Crippen LogP contribution in [0.3, 0.4) is 0 Å². The van der Waals surface area contributed by atoms with Gasteiger partial charge in [-0.3, -0.25) is 4.79 Å². The van der Waals surface area contributed by atoms with E-state index in [2.05, 4.69) is 94.7 Å². The number of amides is 1. The van der Waals surface area contributed by atoms with Crippen molar-refractivity contribution in [3.8, 4) is 5.75 Å². The van der Waals surface area contributed by atoms with E-state index in [1.807, 2.05) is 37.3 Å². The zero-order valence-electron chi connectivity index (χ0n) is 28.9. The van der Waals surface area contributed by atoms with Crippen LogP contribution in [0.2, 0.25) is 0 Å². The number of benzene rings is 3. The van der Waals surface area contributed by atoms with E-state index < -0.39 is 11.6 Å². The van der Waals surface area contributed by atoms with Crippen LogP contribution < -0.4 is 10.1 Å². The second kappa shape index (κ2) is 12.7. The third-order valence-corrected chi connectivity index (χ3v) is 8.28. The van der Waals surface area contributed by atoms with E-state index in [1.54, 1.807) is 13.8 Å². The number of methoxy groups -OCH3 is 1. The van der Waals surface area contributed by atoms with E-state index in [-0.39, 0.29) is 22.8 Å². The van der Waals surface area contributed by atoms with Crippen LogP contribution in [-0.4, -0.2) is 29.2 Å². The molecular formula is C39H50N2O4. The highest BCUT2D eigenvalue weighted by Crippen LogP contribution is 2.33. The molecule has 1 atom stereocenters. The molecule has 1 heterocycles. The number of nitrogens with one attached hydrogen (secondary N) is 1. The second-order valence-corrected chi connectivity index (χ2v) is 14.9. The molecule has 4 rings (SSSR count). The first-order chi connectivity index (χ1) is 20.9. The Kier molecular flexibility index (Phi) is 9.58. The molecule has 0 saturated carbocycles. The summed E-state index contributed by atoms with van der Waals surface area (Å²) in [4.78, 5) is 25.8. The molecule has 0 spiro atoms. The predicted octanol–water partition coefficient (Wildman–Crippen LogP) is 8.71. The highest BCUT2D eigenvalue weighted by Gasteiger charge is 2.31. The number of nitrogens with zero attached hydrogens (tertiary/aromatic N) is 1. The Morgan fingerprint density at radius 2 is 1.58 bits per heavy atom. The fourth-order valence-corrected chi connectivity index (χ4v) is 5.73. The highest BCUT2D eigenvalue weighted by atomic mass is 16.6. The molecule has 45 heavy (non-hydrogen) atoms. The van der Waals surface area contributed by atoms with Crippen molar-refractivity contribution in [3.63, 3.8) is 0 Å². The Bertz CT molecular complexity index is 1700. The summed E-state index contributed by atoms with van der Waals surface area (Å²) in [6.45, 7) is 21.7. The number of hydrogen-bond donors (Lipinski definition) is 1. The van der Waals surface area contributed by atoms with Crippen LogP contribution in [0.15, 0.2) is 66.7 Å². The van der Waals surface area contributed by atoms with Gasteiger partial charge in [0.2, 0.25) is 0 Å². The molecule has 6 nitrogen and oxygen atoms in total. The molecule has 6 heteroatoms. The molecular weight excluding hydrogens is 560 g/mol. The van der Waals surface area contributed by atoms with E-state index in [0.717, 1.165) is 28.6 Å². The van der Waals surface area contributed by atoms with Crippen molar-refractivity contribution in [2.24, 2.45) is 5.41 Å². The number of ether oxygens (including phenoxy) is 2. The van der Waals surface area contributed by atoms with Crippen LogP contribution in [-0.2, 0) is 27.9 Å². The number of aromatic nitrogens is 1. The van der Waals surface area contributed by atoms with Gasteiger partial charge in [-0.15, -0.1) is 0 Å². The van der Waals surface area contributed by atoms with Crippen LogP contribution in [0, 0.1) is 12.3 Å². The Balaban J connectivity index is 1.67. The van der Waals surface area contributed by atoms with Gasteiger partial charge >= 0.3 is 5.97 Å². The quantitative estimate of drug-likeness (QED) is 0.193. The maximum Gasteiger partial charge on any atom is 0.349 e. The zero-order chi connectivity index (χ0) is 33.3. The monoisotopic (exact) mass is 610 g/mol. The maximum absolute atomic E-state index is 13.6. The summed E-state index contributed by atoms with van der Waals surface area (Å²) in [6, 6.07) is 22.2. The third kappa shape index (κ3) is 7.97. The number of rotatable bonds is 9. The molecule has 0 aliphatic heterocycles. The Morgan fingerprint density at radius 1 is 0.889 bits per heavy atom. The molecule has 0 bridgehead atoms. The van der Waals surface area contributed by atoms with Gasteiger partial charge in [0.05, 0.1) is 13.2 Å². The van der Waals surface area contributed by atoms with Gasteiger partial charge < -0.3 is 19.4 Å². The van der Waals surface area contributed by atoms with Gasteiger partial charge in [-0.05, 0) is 91.5 Å². The molecule has 4 aromatic rings. The number of hydrogen-bond acceptors (Lipinski definition) is 4. The minimum Gasteiger partial charge on any atom is -0.476 e. The summed E-state index contributed by atoms with van der Waals surface area (Å²) in [5.41, 5.74) is 6.44. The number of fused-ring (bicyclic) bond motifs is 1. The summed E-state index contributed by atoms with van der Waals surface area (Å²) >= 11 is 0. The highest BCUT2D eigenvalue weighted by molar-refractivity contribution is 5.99. The molecule has 1 amide bonds. The Labute approximate surface area is 269 Å². The van der Waals surface area contributed by atoms with Crippen molar-refractivity contribution in [3.05, 3.63) is 100 Å². The van der Waals surface area contributed by atoms with Gasteiger partial charge in [-0.25, -0.2) is 4.79 Å². The first-order valence-corrected chi connectivity index (χ1v) is 15.8. The van der Waals surface area contributed by atoms with Crippen molar-refractivity contribution in [2.75, 3.05) is 7.11 Å². The topological polar surface area (TPSA) is 69.6 Å². The van der Waals surface area contributed by atoms with E-state index in [0.29, 0.717) is 17.7 Å². The Morgan fingerprint density at radius 3 is 2.22 bits per heavy atom. The maximum atomic E-state index is 13.6. The average molecular weight is 611 g/mol. The summed E-state index contributed by atoms with van der Waals surface area (Å²) in [5, 5.41) is 4.35. The number of carbonyl (C=O) groups is 2. The van der Waals surface area contributed by atoms with E-state index in [1.165, 1.54) is 23.9 Å². The van der Waals surface area contributed by atoms with Gasteiger partial charge in [0.15, 0.2) is 5.60 Å². The molecule has 3 aromatic carbocycles. The molecule has 0 saturated heterocycles. The minimum atomic E-state index is -1.10. The Hall–Kier alpha value is -4.06. The summed E-state index contributed by atoms with van der Waals surface area (Å²) in [6.07, 6.45) is 0.683. The molecule has 0 radical (unpaired) electrons. The normalized spacial score (nSPS) is 13.0. The van der Waals surface area contributed by atoms with Gasteiger partial charge in [-0.2, -0.15) is 0 Å². The molecule has 0 aliphatic carbocycles. The molecule has 1 N–H and O–H groups in total. The van der Waals surface area contributed by atoms with Crippen LogP contribution in [0.1, 0.15) is 107 Å². The predicted molar refractivity (Wildman–Crippen MR) is 183 cm³/mol. The molecule has 1 aromatic heterocycles. The molecule has 0 unspecified atom stereocenters. The molecule has 0 fully saturated rings. The van der Waals surface area contributed by atoms with Crippen LogP contribution >= 0.6 is 0 Å². The first kappa shape index (κ1) is 33.8. The standard InChI is InChI=1S/C39H50N2O4/c1-25(28-15-13-16-30(22-28)38(6,7)8)40-35(42)29-18-19-32-33(26(2)41(34(32)23-29)24-37(3,4)5)21-27-14-12-17-31(20-27)45-39(9,10)36(43)44-11/h12-20,22-23,25H,21,24H2,1-11H3,(H,40,42)/t25-/m0/s1. The van der Waals surface area contributed by atoms with Crippen LogP contribution in [0.5, 0.6) is 5.75 Å². The van der Waals surface area contributed by atoms with Crippen LogP contribution in [0.4, 0.5) is 0 Å². The molecule has 0 aliphatic rings. The number of esters is 1. The van der Waals surface area contributed by atoms with Crippen molar-refractivity contribution in [2.45, 2.75) is 99.3 Å². The van der Waals surface area contributed by atoms with Gasteiger partial charge in [0.1, 0.15) is 5.75 Å². The van der Waals surface area contributed by atoms with Crippen molar-refractivity contribution in [1.82, 2.24) is 9.88 Å². The number of carbonyl (C=O) groups excluding carboxylic acids is 2. The lowest BCUT2D eigenvalue weighted by Gasteiger charge is -2.23. The van der Waals surface area contributed by atoms with E-state index in [4.69, 9.17) is 9.47 Å². The van der Waals surface area contributed by atoms with Crippen molar-refractivity contribution in [1.29, 1.82) is 0 Å².